The molecule has 0 spiro atoms. The zero-order valence-corrected chi connectivity index (χ0v) is 7.76. The van der Waals surface area contributed by atoms with Gasteiger partial charge in [0.1, 0.15) is 0 Å². The van der Waals surface area contributed by atoms with Crippen LogP contribution in [0.1, 0.15) is 5.69 Å². The molecule has 0 aromatic carbocycles. The highest BCUT2D eigenvalue weighted by molar-refractivity contribution is 6.68. The molecule has 72 valence electrons. The van der Waals surface area contributed by atoms with Gasteiger partial charge in [-0.1, -0.05) is 11.6 Å². The zero-order chi connectivity index (χ0) is 9.68. The monoisotopic (exact) mass is 204 g/mol. The molecule has 0 fully saturated rings. The minimum absolute atomic E-state index is 0.206. The fraction of sp³-hybridized carbons (Fsp3) is 0.500. The Balaban J connectivity index is 2.55. The van der Waals surface area contributed by atoms with Gasteiger partial charge in [0.2, 0.25) is 5.82 Å². The van der Waals surface area contributed by atoms with Gasteiger partial charge >= 0.3 is 0 Å². The summed E-state index contributed by atoms with van der Waals surface area (Å²) in [7, 11) is 1.59. The number of nitrogens with one attached hydrogen (secondary N) is 2. The SMILES string of the molecule is COCCNc1nonc1C(=N)Cl. The van der Waals surface area contributed by atoms with Crippen molar-refractivity contribution in [3.63, 3.8) is 0 Å². The third kappa shape index (κ3) is 2.67. The molecule has 1 heterocycles. The van der Waals surface area contributed by atoms with Crippen molar-refractivity contribution in [1.82, 2.24) is 10.3 Å². The number of aromatic nitrogens is 2. The minimum atomic E-state index is -0.207. The van der Waals surface area contributed by atoms with Crippen molar-refractivity contribution in [2.24, 2.45) is 0 Å². The van der Waals surface area contributed by atoms with Crippen LogP contribution in [0.4, 0.5) is 5.82 Å². The number of hydrogen-bond donors (Lipinski definition) is 2. The van der Waals surface area contributed by atoms with Crippen molar-refractivity contribution < 1.29 is 9.37 Å². The lowest BCUT2D eigenvalue weighted by molar-refractivity contribution is 0.210. The highest BCUT2D eigenvalue weighted by Gasteiger charge is 2.12. The minimum Gasteiger partial charge on any atom is -0.383 e. The second-order valence-corrected chi connectivity index (χ2v) is 2.57. The van der Waals surface area contributed by atoms with E-state index in [9.17, 15) is 0 Å². The molecule has 0 bridgehead atoms. The second kappa shape index (κ2) is 4.78. The van der Waals surface area contributed by atoms with Gasteiger partial charge in [0.05, 0.1) is 6.61 Å². The summed E-state index contributed by atoms with van der Waals surface area (Å²) in [6.07, 6.45) is 0. The summed E-state index contributed by atoms with van der Waals surface area (Å²) >= 11 is 5.41. The Morgan fingerprint density at radius 3 is 3.08 bits per heavy atom. The summed E-state index contributed by atoms with van der Waals surface area (Å²) in [4.78, 5) is 0. The van der Waals surface area contributed by atoms with Crippen LogP contribution in [0.3, 0.4) is 0 Å². The third-order valence-electron chi connectivity index (χ3n) is 1.30. The largest absolute Gasteiger partial charge is 0.383 e. The third-order valence-corrected chi connectivity index (χ3v) is 1.47. The molecule has 13 heavy (non-hydrogen) atoms. The predicted octanol–water partition coefficient (Wildman–Crippen LogP) is 0.692. The summed E-state index contributed by atoms with van der Waals surface area (Å²) in [5.74, 6) is 0.358. The number of rotatable bonds is 5. The molecule has 0 amide bonds. The molecule has 0 saturated heterocycles. The molecule has 0 radical (unpaired) electrons. The van der Waals surface area contributed by atoms with Crippen molar-refractivity contribution in [2.75, 3.05) is 25.6 Å². The van der Waals surface area contributed by atoms with E-state index in [1.165, 1.54) is 0 Å². The molecule has 0 aliphatic carbocycles. The van der Waals surface area contributed by atoms with Crippen LogP contribution in [0, 0.1) is 5.41 Å². The number of ether oxygens (including phenoxy) is 1. The molecule has 7 heteroatoms. The second-order valence-electron chi connectivity index (χ2n) is 2.19. The summed E-state index contributed by atoms with van der Waals surface area (Å²) in [5.41, 5.74) is 0.206. The first-order valence-corrected chi connectivity index (χ1v) is 3.93. The van der Waals surface area contributed by atoms with Crippen LogP contribution in [0.25, 0.3) is 0 Å². The van der Waals surface area contributed by atoms with E-state index in [1.54, 1.807) is 7.11 Å². The van der Waals surface area contributed by atoms with E-state index in [-0.39, 0.29) is 10.9 Å². The first-order chi connectivity index (χ1) is 6.25. The van der Waals surface area contributed by atoms with Crippen LogP contribution in [0.2, 0.25) is 0 Å². The van der Waals surface area contributed by atoms with Crippen molar-refractivity contribution in [3.05, 3.63) is 5.69 Å². The number of halogens is 1. The molecule has 0 unspecified atom stereocenters. The lowest BCUT2D eigenvalue weighted by atomic mass is 10.4. The highest BCUT2D eigenvalue weighted by atomic mass is 35.5. The Hall–Kier alpha value is -1.14. The van der Waals surface area contributed by atoms with Gasteiger partial charge in [-0.3, -0.25) is 5.41 Å². The lowest BCUT2D eigenvalue weighted by Crippen LogP contribution is -2.10. The number of nitrogens with zero attached hydrogens (tertiary/aromatic N) is 2. The number of hydrogen-bond acceptors (Lipinski definition) is 6. The van der Waals surface area contributed by atoms with Crippen molar-refractivity contribution in [2.45, 2.75) is 0 Å². The van der Waals surface area contributed by atoms with E-state index >= 15 is 0 Å². The molecular formula is C6H9ClN4O2. The Kier molecular flexibility index (Phi) is 3.66. The van der Waals surface area contributed by atoms with Crippen LogP contribution in [-0.4, -0.2) is 35.7 Å². The molecule has 0 aliphatic heterocycles. The summed E-state index contributed by atoms with van der Waals surface area (Å²) in [6.45, 7) is 1.09. The molecule has 1 aromatic heterocycles. The summed E-state index contributed by atoms with van der Waals surface area (Å²) in [6, 6.07) is 0. The average Bonchev–Trinajstić information content (AvgIpc) is 2.53. The molecule has 0 atom stereocenters. The Bertz CT molecular complexity index is 288. The molecule has 6 nitrogen and oxygen atoms in total. The van der Waals surface area contributed by atoms with Gasteiger partial charge in [-0.25, -0.2) is 4.63 Å². The van der Waals surface area contributed by atoms with E-state index in [2.05, 4.69) is 20.3 Å². The molecule has 1 aromatic rings. The summed E-state index contributed by atoms with van der Waals surface area (Å²) in [5, 5.41) is 16.7. The Morgan fingerprint density at radius 2 is 2.46 bits per heavy atom. The van der Waals surface area contributed by atoms with Crippen LogP contribution in [-0.2, 0) is 4.74 Å². The molecule has 0 saturated carbocycles. The van der Waals surface area contributed by atoms with Crippen molar-refractivity contribution in [3.8, 4) is 0 Å². The van der Waals surface area contributed by atoms with Gasteiger partial charge in [-0.15, -0.1) is 0 Å². The smallest absolute Gasteiger partial charge is 0.201 e. The maximum Gasteiger partial charge on any atom is 0.201 e. The first-order valence-electron chi connectivity index (χ1n) is 3.55. The van der Waals surface area contributed by atoms with E-state index in [4.69, 9.17) is 21.7 Å². The number of anilines is 1. The molecular weight excluding hydrogens is 196 g/mol. The number of methoxy groups -OCH3 is 1. The zero-order valence-electron chi connectivity index (χ0n) is 7.00. The van der Waals surface area contributed by atoms with E-state index in [0.717, 1.165) is 0 Å². The van der Waals surface area contributed by atoms with Crippen molar-refractivity contribution >= 4 is 22.6 Å². The molecule has 0 aliphatic rings. The normalized spacial score (nSPS) is 10.0. The van der Waals surface area contributed by atoms with Crippen LogP contribution < -0.4 is 5.32 Å². The average molecular weight is 205 g/mol. The van der Waals surface area contributed by atoms with Gasteiger partial charge in [-0.05, 0) is 10.3 Å². The lowest BCUT2D eigenvalue weighted by Gasteiger charge is -2.00. The van der Waals surface area contributed by atoms with E-state index < -0.39 is 0 Å². The molecule has 1 rings (SSSR count). The maximum atomic E-state index is 7.10. The van der Waals surface area contributed by atoms with Crippen LogP contribution in [0.15, 0.2) is 4.63 Å². The van der Waals surface area contributed by atoms with E-state index in [0.29, 0.717) is 19.0 Å². The summed E-state index contributed by atoms with van der Waals surface area (Å²) < 4.78 is 9.22. The van der Waals surface area contributed by atoms with Gasteiger partial charge < -0.3 is 10.1 Å². The Labute approximate surface area is 79.7 Å². The topological polar surface area (TPSA) is 84.0 Å². The quantitative estimate of drug-likeness (QED) is 0.545. The van der Waals surface area contributed by atoms with Crippen LogP contribution in [0.5, 0.6) is 0 Å². The maximum absolute atomic E-state index is 7.10. The van der Waals surface area contributed by atoms with Gasteiger partial charge in [0.25, 0.3) is 0 Å². The van der Waals surface area contributed by atoms with Gasteiger partial charge in [0.15, 0.2) is 10.9 Å². The predicted molar refractivity (Wildman–Crippen MR) is 47.3 cm³/mol. The Morgan fingerprint density at radius 1 is 1.69 bits per heavy atom. The van der Waals surface area contributed by atoms with E-state index in [1.807, 2.05) is 0 Å². The standard InChI is InChI=1S/C6H9ClN4O2/c1-12-3-2-9-6-4(5(7)8)10-13-11-6/h8H,2-3H2,1H3,(H,9,11). The first kappa shape index (κ1) is 9.94. The molecule has 2 N–H and O–H groups in total. The fourth-order valence-corrected chi connectivity index (χ4v) is 0.844. The fourth-order valence-electron chi connectivity index (χ4n) is 0.720. The van der Waals surface area contributed by atoms with Crippen LogP contribution >= 0.6 is 11.6 Å². The van der Waals surface area contributed by atoms with Gasteiger partial charge in [0, 0.05) is 13.7 Å². The van der Waals surface area contributed by atoms with Gasteiger partial charge in [-0.2, -0.15) is 0 Å². The van der Waals surface area contributed by atoms with Crippen molar-refractivity contribution in [1.29, 1.82) is 5.41 Å². The highest BCUT2D eigenvalue weighted by Crippen LogP contribution is 2.10.